The molecule has 0 aromatic rings. The van der Waals surface area contributed by atoms with Crippen molar-refractivity contribution in [3.63, 3.8) is 0 Å². The van der Waals surface area contributed by atoms with Crippen LogP contribution in [0.15, 0.2) is 0 Å². The summed E-state index contributed by atoms with van der Waals surface area (Å²) in [7, 11) is 0. The summed E-state index contributed by atoms with van der Waals surface area (Å²) in [6.45, 7) is 2.76. The zero-order chi connectivity index (χ0) is 9.07. The summed E-state index contributed by atoms with van der Waals surface area (Å²) in [6, 6.07) is 0. The lowest BCUT2D eigenvalue weighted by atomic mass is 10.7. The molecule has 0 saturated carbocycles. The van der Waals surface area contributed by atoms with Gasteiger partial charge in [0.1, 0.15) is 0 Å². The molecule has 0 aliphatic heterocycles. The first-order valence-electron chi connectivity index (χ1n) is 3.76. The Morgan fingerprint density at radius 1 is 1.00 bits per heavy atom. The first-order chi connectivity index (χ1) is 5.91. The standard InChI is InChI=1S/C6H16N2O4/c7-12-6-5-11-4-3-10-2-1-8-9/h8-9H,1-7H2. The van der Waals surface area contributed by atoms with Crippen molar-refractivity contribution in [1.29, 1.82) is 0 Å². The minimum absolute atomic E-state index is 0.387. The van der Waals surface area contributed by atoms with Gasteiger partial charge in [0.25, 0.3) is 0 Å². The van der Waals surface area contributed by atoms with Crippen LogP contribution in [-0.2, 0) is 14.3 Å². The molecule has 74 valence electrons. The van der Waals surface area contributed by atoms with E-state index in [1.165, 1.54) is 0 Å². The molecule has 0 spiro atoms. The van der Waals surface area contributed by atoms with Crippen LogP contribution >= 0.6 is 0 Å². The van der Waals surface area contributed by atoms with E-state index in [1.807, 2.05) is 5.48 Å². The molecule has 12 heavy (non-hydrogen) atoms. The third kappa shape index (κ3) is 9.76. The van der Waals surface area contributed by atoms with E-state index in [-0.39, 0.29) is 0 Å². The second-order valence-corrected chi connectivity index (χ2v) is 2.00. The number of hydrogen-bond acceptors (Lipinski definition) is 6. The zero-order valence-electron chi connectivity index (χ0n) is 6.99. The van der Waals surface area contributed by atoms with E-state index in [4.69, 9.17) is 20.6 Å². The number of rotatable bonds is 9. The number of nitrogens with two attached hydrogens (primary N) is 1. The van der Waals surface area contributed by atoms with Crippen LogP contribution in [-0.4, -0.2) is 44.8 Å². The molecule has 4 N–H and O–H groups in total. The van der Waals surface area contributed by atoms with Crippen LogP contribution in [0.2, 0.25) is 0 Å². The van der Waals surface area contributed by atoms with Gasteiger partial charge in [-0.3, -0.25) is 0 Å². The van der Waals surface area contributed by atoms with E-state index in [9.17, 15) is 0 Å². The molecular formula is C6H16N2O4. The average molecular weight is 180 g/mol. The van der Waals surface area contributed by atoms with Gasteiger partial charge >= 0.3 is 0 Å². The Hall–Kier alpha value is -0.240. The van der Waals surface area contributed by atoms with Gasteiger partial charge in [-0.25, -0.2) is 11.4 Å². The molecule has 0 amide bonds. The molecule has 0 bridgehead atoms. The van der Waals surface area contributed by atoms with E-state index in [2.05, 4.69) is 4.84 Å². The molecule has 0 fully saturated rings. The van der Waals surface area contributed by atoms with Gasteiger partial charge in [0.15, 0.2) is 0 Å². The fourth-order valence-corrected chi connectivity index (χ4v) is 0.547. The van der Waals surface area contributed by atoms with Gasteiger partial charge in [-0.15, -0.1) is 0 Å². The number of hydrogen-bond donors (Lipinski definition) is 3. The molecule has 6 heteroatoms. The Balaban J connectivity index is 2.73. The van der Waals surface area contributed by atoms with Crippen molar-refractivity contribution >= 4 is 0 Å². The quantitative estimate of drug-likeness (QED) is 0.308. The highest BCUT2D eigenvalue weighted by molar-refractivity contribution is 4.33. The summed E-state index contributed by atoms with van der Waals surface area (Å²) >= 11 is 0. The number of nitrogens with one attached hydrogen (secondary N) is 1. The van der Waals surface area contributed by atoms with Crippen molar-refractivity contribution in [2.45, 2.75) is 0 Å². The maximum atomic E-state index is 8.15. The van der Waals surface area contributed by atoms with Crippen LogP contribution in [0.3, 0.4) is 0 Å². The maximum absolute atomic E-state index is 8.15. The van der Waals surface area contributed by atoms with Gasteiger partial charge in [-0.1, -0.05) is 0 Å². The molecule has 0 saturated heterocycles. The van der Waals surface area contributed by atoms with E-state index in [0.717, 1.165) is 0 Å². The minimum atomic E-state index is 0.387. The normalized spacial score (nSPS) is 10.5. The third-order valence-electron chi connectivity index (χ3n) is 1.08. The van der Waals surface area contributed by atoms with Gasteiger partial charge < -0.3 is 19.5 Å². The van der Waals surface area contributed by atoms with Crippen LogP contribution in [0.4, 0.5) is 0 Å². The van der Waals surface area contributed by atoms with Crippen LogP contribution in [0.25, 0.3) is 0 Å². The van der Waals surface area contributed by atoms with Gasteiger partial charge in [0, 0.05) is 6.54 Å². The second kappa shape index (κ2) is 10.8. The van der Waals surface area contributed by atoms with Gasteiger partial charge in [0.2, 0.25) is 0 Å². The van der Waals surface area contributed by atoms with Crippen molar-refractivity contribution in [2.75, 3.05) is 39.6 Å². The molecular weight excluding hydrogens is 164 g/mol. The maximum Gasteiger partial charge on any atom is 0.0913 e. The van der Waals surface area contributed by atoms with Gasteiger partial charge in [-0.05, 0) is 0 Å². The van der Waals surface area contributed by atoms with Gasteiger partial charge in [0.05, 0.1) is 33.0 Å². The summed E-state index contributed by atoms with van der Waals surface area (Å²) in [5.41, 5.74) is 1.98. The van der Waals surface area contributed by atoms with Crippen LogP contribution in [0.5, 0.6) is 0 Å². The van der Waals surface area contributed by atoms with Crippen LogP contribution < -0.4 is 11.4 Å². The van der Waals surface area contributed by atoms with E-state index < -0.39 is 0 Å². The van der Waals surface area contributed by atoms with Crippen molar-refractivity contribution < 1.29 is 19.5 Å². The van der Waals surface area contributed by atoms with Crippen molar-refractivity contribution in [1.82, 2.24) is 5.48 Å². The molecule has 6 nitrogen and oxygen atoms in total. The van der Waals surface area contributed by atoms with Crippen LogP contribution in [0, 0.1) is 0 Å². The molecule has 0 rings (SSSR count). The molecule has 0 unspecified atom stereocenters. The summed E-state index contributed by atoms with van der Waals surface area (Å²) in [4.78, 5) is 4.28. The Morgan fingerprint density at radius 2 is 1.58 bits per heavy atom. The first kappa shape index (κ1) is 11.8. The predicted octanol–water partition coefficient (Wildman–Crippen LogP) is -1.11. The largest absolute Gasteiger partial charge is 0.378 e. The Kier molecular flexibility index (Phi) is 10.5. The number of hydroxylamine groups is 1. The lowest BCUT2D eigenvalue weighted by Crippen LogP contribution is -2.17. The van der Waals surface area contributed by atoms with E-state index in [0.29, 0.717) is 39.6 Å². The summed E-state index contributed by atoms with van der Waals surface area (Å²) in [5.74, 6) is 4.76. The molecule has 0 aliphatic rings. The van der Waals surface area contributed by atoms with Crippen molar-refractivity contribution in [3.05, 3.63) is 0 Å². The van der Waals surface area contributed by atoms with E-state index >= 15 is 0 Å². The molecule has 0 radical (unpaired) electrons. The molecule has 0 aromatic heterocycles. The fourth-order valence-electron chi connectivity index (χ4n) is 0.547. The Labute approximate surface area is 71.5 Å². The van der Waals surface area contributed by atoms with E-state index in [1.54, 1.807) is 0 Å². The Morgan fingerprint density at radius 3 is 2.17 bits per heavy atom. The summed E-state index contributed by atoms with van der Waals surface area (Å²) in [6.07, 6.45) is 0. The smallest absolute Gasteiger partial charge is 0.0913 e. The average Bonchev–Trinajstić information content (AvgIpc) is 2.10. The predicted molar refractivity (Wildman–Crippen MR) is 41.6 cm³/mol. The first-order valence-corrected chi connectivity index (χ1v) is 3.76. The molecule has 0 atom stereocenters. The lowest BCUT2D eigenvalue weighted by molar-refractivity contribution is 0.0101. The van der Waals surface area contributed by atoms with Crippen molar-refractivity contribution in [3.8, 4) is 0 Å². The number of ether oxygens (including phenoxy) is 2. The zero-order valence-corrected chi connectivity index (χ0v) is 6.99. The highest BCUT2D eigenvalue weighted by Gasteiger charge is 1.89. The highest BCUT2D eigenvalue weighted by atomic mass is 16.6. The molecule has 0 aliphatic carbocycles. The molecule has 0 aromatic carbocycles. The minimum Gasteiger partial charge on any atom is -0.378 e. The molecule has 0 heterocycles. The monoisotopic (exact) mass is 180 g/mol. The SMILES string of the molecule is NOCCOCCOCCNO. The Bertz CT molecular complexity index is 73.9. The van der Waals surface area contributed by atoms with Crippen LogP contribution in [0.1, 0.15) is 0 Å². The third-order valence-corrected chi connectivity index (χ3v) is 1.08. The topological polar surface area (TPSA) is 86.0 Å². The fraction of sp³-hybridized carbons (Fsp3) is 1.00. The second-order valence-electron chi connectivity index (χ2n) is 2.00. The lowest BCUT2D eigenvalue weighted by Gasteiger charge is -2.04. The summed E-state index contributed by atoms with van der Waals surface area (Å²) < 4.78 is 10.1. The van der Waals surface area contributed by atoms with Gasteiger partial charge in [-0.2, -0.15) is 0 Å². The van der Waals surface area contributed by atoms with Crippen molar-refractivity contribution in [2.24, 2.45) is 5.90 Å². The summed E-state index contributed by atoms with van der Waals surface area (Å²) in [5, 5.41) is 8.15. The highest BCUT2D eigenvalue weighted by Crippen LogP contribution is 1.77.